The first-order valence-electron chi connectivity index (χ1n) is 24.8. The Morgan fingerprint density at radius 1 is 0.393 bits per heavy atom. The van der Waals surface area contributed by atoms with E-state index >= 15 is 0 Å². The molecule has 0 N–H and O–H groups in total. The molecule has 1 unspecified atom stereocenters. The van der Waals surface area contributed by atoms with Crippen LogP contribution in [0.1, 0.15) is 232 Å². The maximum atomic E-state index is 5.03. The van der Waals surface area contributed by atoms with Gasteiger partial charge in [0, 0.05) is 0 Å². The highest BCUT2D eigenvalue weighted by atomic mass is 15.1. The highest BCUT2D eigenvalue weighted by Crippen LogP contribution is 2.26. The van der Waals surface area contributed by atoms with Crippen molar-refractivity contribution in [2.24, 2.45) is 5.92 Å². The van der Waals surface area contributed by atoms with Gasteiger partial charge in [-0.3, -0.25) is 0 Å². The van der Waals surface area contributed by atoms with Crippen molar-refractivity contribution in [3.63, 3.8) is 0 Å². The molecule has 0 saturated heterocycles. The molecule has 0 radical (unpaired) electrons. The van der Waals surface area contributed by atoms with Gasteiger partial charge in [0.05, 0.1) is 6.54 Å². The fraction of sp³-hybridized carbons (Fsp3) is 0.644. The van der Waals surface area contributed by atoms with Gasteiger partial charge in [0.2, 0.25) is 6.33 Å². The topological polar surface area (TPSA) is 8.81 Å². The number of imidazole rings is 1. The zero-order valence-electron chi connectivity index (χ0n) is 39.2. The van der Waals surface area contributed by atoms with Gasteiger partial charge in [0.25, 0.3) is 0 Å². The molecule has 1 rings (SSSR count). The summed E-state index contributed by atoms with van der Waals surface area (Å²) in [6.07, 6.45) is 55.7. The second-order valence-electron chi connectivity index (χ2n) is 16.6. The van der Waals surface area contributed by atoms with Gasteiger partial charge in [-0.15, -0.1) is 6.42 Å². The standard InChI is InChI=1S/C59H81N2/c1-5-9-13-16-19-22-25-28-29-30-31-34-37-40-43-46-52-59(61-56-55-60(57-61)54-12-8-4)53-48-47-51-58(49-44-41-38-35-32-26-23-20-17-14-10-6-2)50-45-42-39-36-33-27-24-21-18-15-11-7-3/h1,55-59H,6-8,10-12,14-15,17-18,20-21,23-24,26-27,32-33,35-36,38-39,41-42,44-45,47-51,53-54H2,2-4H3/q+1. The monoisotopic (exact) mass is 818 g/mol. The van der Waals surface area contributed by atoms with Crippen LogP contribution in [0.4, 0.5) is 0 Å². The smallest absolute Gasteiger partial charge is 0.237 e. The molecule has 0 saturated carbocycles. The number of unbranched alkanes of at least 4 members (excludes halogenated alkanes) is 24. The summed E-state index contributed by atoms with van der Waals surface area (Å²) in [6.45, 7) is 7.88. The molecule has 1 heterocycles. The van der Waals surface area contributed by atoms with Crippen molar-refractivity contribution in [3.05, 3.63) is 18.7 Å². The molecule has 2 nitrogen and oxygen atoms in total. The summed E-state index contributed by atoms with van der Waals surface area (Å²) < 4.78 is 4.56. The molecular weight excluding hydrogens is 737 g/mol. The van der Waals surface area contributed by atoms with Crippen LogP contribution in [-0.4, -0.2) is 4.57 Å². The maximum Gasteiger partial charge on any atom is 0.244 e. The van der Waals surface area contributed by atoms with Gasteiger partial charge in [-0.25, -0.2) is 9.13 Å². The van der Waals surface area contributed by atoms with E-state index < -0.39 is 0 Å². The summed E-state index contributed by atoms with van der Waals surface area (Å²) in [5, 5.41) is 0. The van der Waals surface area contributed by atoms with Gasteiger partial charge in [-0.1, -0.05) is 207 Å². The second-order valence-corrected chi connectivity index (χ2v) is 16.6. The summed E-state index contributed by atoms with van der Waals surface area (Å²) in [4.78, 5) is 0. The van der Waals surface area contributed by atoms with Crippen molar-refractivity contribution in [1.29, 1.82) is 0 Å². The Hall–Kier alpha value is -4.75. The highest BCUT2D eigenvalue weighted by molar-refractivity contribution is 5.46. The van der Waals surface area contributed by atoms with Crippen molar-refractivity contribution >= 4 is 0 Å². The molecule has 0 aliphatic heterocycles. The minimum atomic E-state index is 0.0986. The first kappa shape index (κ1) is 54.3. The minimum absolute atomic E-state index is 0.0986. The molecular formula is C59H81N2+. The third-order valence-electron chi connectivity index (χ3n) is 11.3. The molecule has 0 bridgehead atoms. The van der Waals surface area contributed by atoms with Crippen LogP contribution < -0.4 is 4.57 Å². The van der Waals surface area contributed by atoms with Crippen LogP contribution in [0.5, 0.6) is 0 Å². The van der Waals surface area contributed by atoms with Gasteiger partial charge in [0.1, 0.15) is 12.4 Å². The molecule has 1 aromatic rings. The number of aromatic nitrogens is 2. The summed E-state index contributed by atoms with van der Waals surface area (Å²) >= 11 is 0. The van der Waals surface area contributed by atoms with E-state index in [0.717, 1.165) is 18.9 Å². The second kappa shape index (κ2) is 44.8. The lowest BCUT2D eigenvalue weighted by Gasteiger charge is -2.17. The molecule has 326 valence electrons. The van der Waals surface area contributed by atoms with E-state index in [4.69, 9.17) is 6.42 Å². The number of aryl methyl sites for hydroxylation is 1. The fourth-order valence-electron chi connectivity index (χ4n) is 7.68. The lowest BCUT2D eigenvalue weighted by molar-refractivity contribution is -0.696. The van der Waals surface area contributed by atoms with Gasteiger partial charge in [-0.05, 0) is 126 Å². The van der Waals surface area contributed by atoms with Gasteiger partial charge >= 0.3 is 0 Å². The van der Waals surface area contributed by atoms with Crippen molar-refractivity contribution < 1.29 is 4.57 Å². The van der Waals surface area contributed by atoms with Crippen molar-refractivity contribution in [1.82, 2.24) is 4.57 Å². The van der Waals surface area contributed by atoms with E-state index in [1.165, 1.54) is 199 Å². The van der Waals surface area contributed by atoms with Crippen molar-refractivity contribution in [2.45, 2.75) is 239 Å². The number of terminal acetylenes is 1. The predicted octanol–water partition coefficient (Wildman–Crippen LogP) is 14.1. The summed E-state index contributed by atoms with van der Waals surface area (Å²) in [7, 11) is 0. The quantitative estimate of drug-likeness (QED) is 0.0367. The molecule has 0 aliphatic rings. The van der Waals surface area contributed by atoms with Crippen LogP contribution in [0.25, 0.3) is 0 Å². The van der Waals surface area contributed by atoms with E-state index in [-0.39, 0.29) is 6.04 Å². The molecule has 0 spiro atoms. The maximum absolute atomic E-state index is 5.03. The van der Waals surface area contributed by atoms with Gasteiger partial charge in [-0.2, -0.15) is 0 Å². The van der Waals surface area contributed by atoms with Crippen molar-refractivity contribution in [3.8, 4) is 107 Å². The fourth-order valence-corrected chi connectivity index (χ4v) is 7.68. The molecule has 1 aromatic heterocycles. The molecule has 61 heavy (non-hydrogen) atoms. The average Bonchev–Trinajstić information content (AvgIpc) is 3.75. The van der Waals surface area contributed by atoms with Crippen LogP contribution in [0.3, 0.4) is 0 Å². The summed E-state index contributed by atoms with van der Waals surface area (Å²) in [5.74, 6) is 46.4. The molecule has 0 fully saturated rings. The number of nitrogens with zero attached hydrogens (tertiary/aromatic N) is 2. The van der Waals surface area contributed by atoms with Crippen LogP contribution in [0, 0.1) is 113 Å². The van der Waals surface area contributed by atoms with Gasteiger partial charge < -0.3 is 0 Å². The Balaban J connectivity index is 2.71. The number of hydrogen-bond acceptors (Lipinski definition) is 0. The first-order valence-corrected chi connectivity index (χ1v) is 24.8. The Morgan fingerprint density at radius 2 is 0.721 bits per heavy atom. The highest BCUT2D eigenvalue weighted by Gasteiger charge is 2.16. The zero-order chi connectivity index (χ0) is 43.8. The minimum Gasteiger partial charge on any atom is -0.237 e. The lowest BCUT2D eigenvalue weighted by Crippen LogP contribution is -2.31. The Bertz CT molecular complexity index is 1780. The number of hydrogen-bond donors (Lipinski definition) is 0. The lowest BCUT2D eigenvalue weighted by atomic mass is 9.89. The van der Waals surface area contributed by atoms with Crippen molar-refractivity contribution in [2.75, 3.05) is 0 Å². The molecule has 1 atom stereocenters. The largest absolute Gasteiger partial charge is 0.244 e. The zero-order valence-corrected chi connectivity index (χ0v) is 39.2. The molecule has 0 amide bonds. The van der Waals surface area contributed by atoms with Crippen LogP contribution in [0.2, 0.25) is 0 Å². The van der Waals surface area contributed by atoms with E-state index in [0.29, 0.717) is 0 Å². The van der Waals surface area contributed by atoms with E-state index in [1.54, 1.807) is 0 Å². The normalized spacial score (nSPS) is 10.1. The van der Waals surface area contributed by atoms with E-state index in [2.05, 4.69) is 149 Å². The van der Waals surface area contributed by atoms with Crippen LogP contribution in [-0.2, 0) is 6.54 Å². The van der Waals surface area contributed by atoms with Crippen LogP contribution >= 0.6 is 0 Å². The van der Waals surface area contributed by atoms with E-state index in [9.17, 15) is 0 Å². The van der Waals surface area contributed by atoms with Crippen LogP contribution in [0.15, 0.2) is 18.7 Å². The predicted molar refractivity (Wildman–Crippen MR) is 263 cm³/mol. The Labute approximate surface area is 378 Å². The third kappa shape index (κ3) is 36.8. The Kier molecular flexibility index (Phi) is 39.9. The molecule has 0 aliphatic carbocycles. The Morgan fingerprint density at radius 3 is 1.11 bits per heavy atom. The SMILES string of the molecule is C#CC#CC#CC#CC#CC#CC#CC#CC#CC(CCCCC(CCCCCCCCCCCCCC)CCCCCCCCCCCCCC)n1cc[n+](CCCC)c1. The molecule has 0 aromatic carbocycles. The summed E-state index contributed by atoms with van der Waals surface area (Å²) in [6, 6.07) is 0.0986. The van der Waals surface area contributed by atoms with Gasteiger partial charge in [0.15, 0.2) is 6.04 Å². The number of rotatable bonds is 35. The molecule has 2 heteroatoms. The van der Waals surface area contributed by atoms with E-state index in [1.807, 2.05) is 0 Å². The average molecular weight is 818 g/mol. The third-order valence-corrected chi connectivity index (χ3v) is 11.3. The summed E-state index contributed by atoms with van der Waals surface area (Å²) in [5.41, 5.74) is 0. The first-order chi connectivity index (χ1) is 30.2.